The van der Waals surface area contributed by atoms with E-state index in [1.807, 2.05) is 60.7 Å². The highest BCUT2D eigenvalue weighted by molar-refractivity contribution is 5.85. The SMILES string of the molecule is COc1ccc(OC)c(Nc2nc3ccccc3nc2Nc2cc(OC)ccc2OC)c1. The van der Waals surface area contributed by atoms with E-state index < -0.39 is 0 Å². The minimum Gasteiger partial charge on any atom is -0.497 e. The van der Waals surface area contributed by atoms with Crippen LogP contribution in [0.4, 0.5) is 23.0 Å². The Morgan fingerprint density at radius 1 is 0.562 bits per heavy atom. The maximum Gasteiger partial charge on any atom is 0.174 e. The normalized spacial score (nSPS) is 10.5. The number of para-hydroxylation sites is 2. The molecule has 3 aromatic carbocycles. The van der Waals surface area contributed by atoms with Crippen molar-refractivity contribution in [3.63, 3.8) is 0 Å². The molecule has 8 nitrogen and oxygen atoms in total. The highest BCUT2D eigenvalue weighted by atomic mass is 16.5. The number of hydrogen-bond donors (Lipinski definition) is 2. The van der Waals surface area contributed by atoms with Gasteiger partial charge >= 0.3 is 0 Å². The van der Waals surface area contributed by atoms with Gasteiger partial charge in [-0.05, 0) is 36.4 Å². The molecule has 0 atom stereocenters. The largest absolute Gasteiger partial charge is 0.497 e. The molecule has 0 fully saturated rings. The average molecular weight is 432 g/mol. The van der Waals surface area contributed by atoms with Crippen LogP contribution < -0.4 is 29.6 Å². The van der Waals surface area contributed by atoms with Gasteiger partial charge in [-0.2, -0.15) is 0 Å². The molecular weight excluding hydrogens is 408 g/mol. The van der Waals surface area contributed by atoms with Crippen molar-refractivity contribution in [2.75, 3.05) is 39.1 Å². The Morgan fingerprint density at radius 2 is 1.00 bits per heavy atom. The van der Waals surface area contributed by atoms with E-state index in [0.717, 1.165) is 11.0 Å². The van der Waals surface area contributed by atoms with Gasteiger partial charge in [0.05, 0.1) is 50.8 Å². The molecule has 0 saturated heterocycles. The smallest absolute Gasteiger partial charge is 0.174 e. The summed E-state index contributed by atoms with van der Waals surface area (Å²) < 4.78 is 21.7. The molecule has 4 aromatic rings. The van der Waals surface area contributed by atoms with E-state index in [-0.39, 0.29) is 0 Å². The van der Waals surface area contributed by atoms with Crippen molar-refractivity contribution in [2.24, 2.45) is 0 Å². The summed E-state index contributed by atoms with van der Waals surface area (Å²) in [6.45, 7) is 0. The summed E-state index contributed by atoms with van der Waals surface area (Å²) in [5.74, 6) is 3.69. The lowest BCUT2D eigenvalue weighted by molar-refractivity contribution is 0.404. The van der Waals surface area contributed by atoms with E-state index in [4.69, 9.17) is 28.9 Å². The lowest BCUT2D eigenvalue weighted by Gasteiger charge is -2.17. The Kier molecular flexibility index (Phi) is 6.12. The van der Waals surface area contributed by atoms with Gasteiger partial charge in [0.15, 0.2) is 11.6 Å². The molecule has 164 valence electrons. The summed E-state index contributed by atoms with van der Waals surface area (Å²) in [6, 6.07) is 18.7. The van der Waals surface area contributed by atoms with Gasteiger partial charge in [-0.15, -0.1) is 0 Å². The average Bonchev–Trinajstić information content (AvgIpc) is 2.84. The third-order valence-corrected chi connectivity index (χ3v) is 4.89. The second kappa shape index (κ2) is 9.30. The van der Waals surface area contributed by atoms with Crippen LogP contribution in [0.15, 0.2) is 60.7 Å². The number of benzene rings is 3. The van der Waals surface area contributed by atoms with Crippen molar-refractivity contribution >= 4 is 34.0 Å². The van der Waals surface area contributed by atoms with Crippen molar-refractivity contribution in [2.45, 2.75) is 0 Å². The zero-order valence-corrected chi connectivity index (χ0v) is 18.3. The molecule has 4 rings (SSSR count). The van der Waals surface area contributed by atoms with Crippen LogP contribution in [0.5, 0.6) is 23.0 Å². The van der Waals surface area contributed by atoms with Crippen molar-refractivity contribution in [1.82, 2.24) is 9.97 Å². The van der Waals surface area contributed by atoms with Crippen LogP contribution in [0.3, 0.4) is 0 Å². The standard InChI is InChI=1S/C24H24N4O4/c1-29-15-9-11-21(31-3)19(13-15)27-23-24(26-18-8-6-5-7-17(18)25-23)28-20-14-16(30-2)10-12-22(20)32-4/h5-14H,1-4H3,(H,25,27)(H,26,28). The van der Waals surface area contributed by atoms with Gasteiger partial charge in [-0.25, -0.2) is 9.97 Å². The minimum absolute atomic E-state index is 0.514. The molecule has 0 unspecified atom stereocenters. The first kappa shape index (κ1) is 21.0. The highest BCUT2D eigenvalue weighted by Gasteiger charge is 2.15. The maximum atomic E-state index is 5.51. The summed E-state index contributed by atoms with van der Waals surface area (Å²) in [5.41, 5.74) is 2.88. The first-order valence-corrected chi connectivity index (χ1v) is 9.90. The number of nitrogens with zero attached hydrogens (tertiary/aromatic N) is 2. The van der Waals surface area contributed by atoms with E-state index in [2.05, 4.69) is 10.6 Å². The Morgan fingerprint density at radius 3 is 1.38 bits per heavy atom. The van der Waals surface area contributed by atoms with Gasteiger partial charge in [0.25, 0.3) is 0 Å². The number of ether oxygens (including phenoxy) is 4. The van der Waals surface area contributed by atoms with Crippen LogP contribution in [-0.2, 0) is 0 Å². The first-order valence-electron chi connectivity index (χ1n) is 9.90. The molecular formula is C24H24N4O4. The van der Waals surface area contributed by atoms with Crippen LogP contribution in [-0.4, -0.2) is 38.4 Å². The Bertz CT molecular complexity index is 1150. The molecule has 1 aromatic heterocycles. The van der Waals surface area contributed by atoms with Gasteiger partial charge in [-0.1, -0.05) is 12.1 Å². The quantitative estimate of drug-likeness (QED) is 0.395. The molecule has 0 saturated carbocycles. The Hall–Kier alpha value is -4.20. The van der Waals surface area contributed by atoms with E-state index >= 15 is 0 Å². The molecule has 0 aliphatic rings. The fourth-order valence-electron chi connectivity index (χ4n) is 3.25. The molecule has 0 radical (unpaired) electrons. The van der Waals surface area contributed by atoms with Gasteiger partial charge in [0.2, 0.25) is 0 Å². The highest BCUT2D eigenvalue weighted by Crippen LogP contribution is 2.36. The summed E-state index contributed by atoms with van der Waals surface area (Å²) in [4.78, 5) is 9.58. The molecule has 32 heavy (non-hydrogen) atoms. The van der Waals surface area contributed by atoms with E-state index in [1.54, 1.807) is 28.4 Å². The first-order chi connectivity index (χ1) is 15.6. The van der Waals surface area contributed by atoms with Crippen molar-refractivity contribution < 1.29 is 18.9 Å². The van der Waals surface area contributed by atoms with Crippen LogP contribution in [0.1, 0.15) is 0 Å². The number of methoxy groups -OCH3 is 4. The summed E-state index contributed by atoms with van der Waals surface area (Å²) >= 11 is 0. The second-order valence-corrected chi connectivity index (χ2v) is 6.79. The summed E-state index contributed by atoms with van der Waals surface area (Å²) in [6.07, 6.45) is 0. The van der Waals surface area contributed by atoms with Gasteiger partial charge in [0.1, 0.15) is 23.0 Å². The number of fused-ring (bicyclic) bond motifs is 1. The third kappa shape index (κ3) is 4.29. The zero-order chi connectivity index (χ0) is 22.5. The van der Waals surface area contributed by atoms with E-state index in [1.165, 1.54) is 0 Å². The fourth-order valence-corrected chi connectivity index (χ4v) is 3.25. The Balaban J connectivity index is 1.82. The summed E-state index contributed by atoms with van der Waals surface area (Å²) in [5, 5.41) is 6.66. The lowest BCUT2D eigenvalue weighted by Crippen LogP contribution is -2.05. The second-order valence-electron chi connectivity index (χ2n) is 6.79. The molecule has 0 amide bonds. The van der Waals surface area contributed by atoms with Crippen molar-refractivity contribution in [3.05, 3.63) is 60.7 Å². The molecule has 0 aliphatic heterocycles. The molecule has 1 heterocycles. The number of rotatable bonds is 8. The number of hydrogen-bond acceptors (Lipinski definition) is 8. The fraction of sp³-hybridized carbons (Fsp3) is 0.167. The van der Waals surface area contributed by atoms with Crippen molar-refractivity contribution in [1.29, 1.82) is 0 Å². The summed E-state index contributed by atoms with van der Waals surface area (Å²) in [7, 11) is 6.45. The zero-order valence-electron chi connectivity index (χ0n) is 18.3. The minimum atomic E-state index is 0.514. The van der Waals surface area contributed by atoms with Crippen LogP contribution in [0, 0.1) is 0 Å². The van der Waals surface area contributed by atoms with Crippen LogP contribution >= 0.6 is 0 Å². The van der Waals surface area contributed by atoms with Gasteiger partial charge < -0.3 is 29.6 Å². The Labute approximate surface area is 186 Å². The monoisotopic (exact) mass is 432 g/mol. The maximum absolute atomic E-state index is 5.51. The molecule has 8 heteroatoms. The number of anilines is 4. The van der Waals surface area contributed by atoms with E-state index in [0.29, 0.717) is 46.0 Å². The van der Waals surface area contributed by atoms with Gasteiger partial charge in [-0.3, -0.25) is 0 Å². The predicted molar refractivity (Wildman–Crippen MR) is 125 cm³/mol. The molecule has 0 aliphatic carbocycles. The molecule has 0 bridgehead atoms. The molecule has 0 spiro atoms. The van der Waals surface area contributed by atoms with Crippen LogP contribution in [0.25, 0.3) is 11.0 Å². The predicted octanol–water partition coefficient (Wildman–Crippen LogP) is 5.15. The topological polar surface area (TPSA) is 86.8 Å². The molecule has 2 N–H and O–H groups in total. The lowest BCUT2D eigenvalue weighted by atomic mass is 10.2. The van der Waals surface area contributed by atoms with Gasteiger partial charge in [0, 0.05) is 12.1 Å². The number of nitrogens with one attached hydrogen (secondary N) is 2. The van der Waals surface area contributed by atoms with Crippen molar-refractivity contribution in [3.8, 4) is 23.0 Å². The third-order valence-electron chi connectivity index (χ3n) is 4.89. The van der Waals surface area contributed by atoms with E-state index in [9.17, 15) is 0 Å². The number of aromatic nitrogens is 2. The van der Waals surface area contributed by atoms with Crippen LogP contribution in [0.2, 0.25) is 0 Å².